The highest BCUT2D eigenvalue weighted by Gasteiger charge is 2.40. The maximum Gasteiger partial charge on any atom is 0.414 e. The topological polar surface area (TPSA) is 114 Å². The number of amides is 2. The summed E-state index contributed by atoms with van der Waals surface area (Å²) in [6.07, 6.45) is -0.264. The van der Waals surface area contributed by atoms with Gasteiger partial charge in [-0.2, -0.15) is 0 Å². The predicted molar refractivity (Wildman–Crippen MR) is 99.3 cm³/mol. The summed E-state index contributed by atoms with van der Waals surface area (Å²) in [4.78, 5) is 41.1. The summed E-state index contributed by atoms with van der Waals surface area (Å²) in [5.41, 5.74) is -1.24. The SMILES string of the molecule is CCC1(c2cccc([N+](=O)[O-])c2)CC(=O)N(C)C(NC(=O)OC(C)(C)C)=N1. The van der Waals surface area contributed by atoms with E-state index in [-0.39, 0.29) is 24.0 Å². The number of ether oxygens (including phenoxy) is 1. The summed E-state index contributed by atoms with van der Waals surface area (Å²) in [5.74, 6) is -0.210. The Morgan fingerprint density at radius 3 is 2.67 bits per heavy atom. The van der Waals surface area contributed by atoms with E-state index >= 15 is 0 Å². The number of benzene rings is 1. The van der Waals surface area contributed by atoms with Crippen molar-refractivity contribution in [3.63, 3.8) is 0 Å². The average Bonchev–Trinajstić information content (AvgIpc) is 2.57. The molecule has 1 heterocycles. The number of non-ortho nitro benzene ring substituents is 1. The van der Waals surface area contributed by atoms with Gasteiger partial charge in [0.05, 0.1) is 16.9 Å². The number of nitrogens with one attached hydrogen (secondary N) is 1. The lowest BCUT2D eigenvalue weighted by molar-refractivity contribution is -0.385. The van der Waals surface area contributed by atoms with E-state index in [4.69, 9.17) is 4.74 Å². The van der Waals surface area contributed by atoms with Crippen molar-refractivity contribution < 1.29 is 19.2 Å². The molecule has 1 unspecified atom stereocenters. The second-order valence-electron chi connectivity index (χ2n) is 7.38. The van der Waals surface area contributed by atoms with Gasteiger partial charge in [-0.1, -0.05) is 19.1 Å². The van der Waals surface area contributed by atoms with Gasteiger partial charge < -0.3 is 4.74 Å². The Labute approximate surface area is 157 Å². The first kappa shape index (κ1) is 20.3. The van der Waals surface area contributed by atoms with Crippen LogP contribution in [0.15, 0.2) is 29.3 Å². The molecule has 0 saturated carbocycles. The van der Waals surface area contributed by atoms with Crippen molar-refractivity contribution >= 4 is 23.6 Å². The zero-order valence-corrected chi connectivity index (χ0v) is 16.1. The van der Waals surface area contributed by atoms with Crippen molar-refractivity contribution in [2.75, 3.05) is 7.05 Å². The van der Waals surface area contributed by atoms with E-state index in [1.165, 1.54) is 24.1 Å². The highest BCUT2D eigenvalue weighted by Crippen LogP contribution is 2.38. The maximum absolute atomic E-state index is 12.6. The molecular formula is C18H24N4O5. The van der Waals surface area contributed by atoms with Crippen molar-refractivity contribution in [1.82, 2.24) is 10.2 Å². The van der Waals surface area contributed by atoms with Crippen molar-refractivity contribution in [2.45, 2.75) is 51.7 Å². The van der Waals surface area contributed by atoms with Gasteiger partial charge in [0.2, 0.25) is 11.9 Å². The molecule has 9 heteroatoms. The van der Waals surface area contributed by atoms with E-state index in [9.17, 15) is 19.7 Å². The Balaban J connectivity index is 2.45. The largest absolute Gasteiger partial charge is 0.444 e. The molecule has 146 valence electrons. The number of nitro benzene ring substituents is 1. The summed E-state index contributed by atoms with van der Waals surface area (Å²) in [6, 6.07) is 6.05. The van der Waals surface area contributed by atoms with Crippen LogP contribution in [0.3, 0.4) is 0 Å². The van der Waals surface area contributed by atoms with Gasteiger partial charge in [-0.15, -0.1) is 0 Å². The van der Waals surface area contributed by atoms with Gasteiger partial charge in [-0.25, -0.2) is 9.79 Å². The van der Waals surface area contributed by atoms with Gasteiger partial charge in [0, 0.05) is 19.2 Å². The molecule has 1 N–H and O–H groups in total. The molecular weight excluding hydrogens is 352 g/mol. The lowest BCUT2D eigenvalue weighted by Gasteiger charge is -2.37. The van der Waals surface area contributed by atoms with E-state index < -0.39 is 22.2 Å². The fourth-order valence-corrected chi connectivity index (χ4v) is 2.79. The third-order valence-electron chi connectivity index (χ3n) is 4.25. The number of hydrogen-bond donors (Lipinski definition) is 1. The highest BCUT2D eigenvalue weighted by atomic mass is 16.6. The molecule has 1 aromatic rings. The number of carbonyl (C=O) groups excluding carboxylic acids is 2. The molecule has 27 heavy (non-hydrogen) atoms. The standard InChI is InChI=1S/C18H24N4O5/c1-6-18(12-8-7-9-13(10-12)22(25)26)11-14(23)21(5)15(20-18)19-16(24)27-17(2,3)4/h7-10H,6,11H2,1-5H3,(H,19,20,24). The quantitative estimate of drug-likeness (QED) is 0.643. The van der Waals surface area contributed by atoms with Crippen LogP contribution in [0.1, 0.15) is 46.1 Å². The van der Waals surface area contributed by atoms with E-state index in [1.807, 2.05) is 6.92 Å². The lowest BCUT2D eigenvalue weighted by atomic mass is 9.83. The van der Waals surface area contributed by atoms with Crippen LogP contribution in [0, 0.1) is 10.1 Å². The van der Waals surface area contributed by atoms with E-state index in [0.29, 0.717) is 12.0 Å². The third kappa shape index (κ3) is 4.60. The molecule has 1 aliphatic heterocycles. The zero-order valence-electron chi connectivity index (χ0n) is 16.1. The van der Waals surface area contributed by atoms with Crippen molar-refractivity contribution in [2.24, 2.45) is 4.99 Å². The van der Waals surface area contributed by atoms with Crippen LogP contribution >= 0.6 is 0 Å². The molecule has 0 fully saturated rings. The first-order chi connectivity index (χ1) is 12.5. The molecule has 2 amide bonds. The number of hydrogen-bond acceptors (Lipinski definition) is 6. The van der Waals surface area contributed by atoms with Crippen LogP contribution in [0.25, 0.3) is 0 Å². The van der Waals surface area contributed by atoms with Crippen LogP contribution < -0.4 is 5.32 Å². The summed E-state index contributed by atoms with van der Waals surface area (Å²) >= 11 is 0. The molecule has 2 rings (SSSR count). The number of rotatable bonds is 3. The van der Waals surface area contributed by atoms with Crippen LogP contribution in [-0.4, -0.2) is 40.4 Å². The number of carbonyl (C=O) groups is 2. The normalized spacial score (nSPS) is 20.1. The Hall–Kier alpha value is -2.97. The minimum atomic E-state index is -1.00. The molecule has 1 atom stereocenters. The van der Waals surface area contributed by atoms with Gasteiger partial charge in [0.15, 0.2) is 0 Å². The minimum Gasteiger partial charge on any atom is -0.444 e. The van der Waals surface area contributed by atoms with Gasteiger partial charge in [0.25, 0.3) is 5.69 Å². The predicted octanol–water partition coefficient (Wildman–Crippen LogP) is 2.94. The maximum atomic E-state index is 12.6. The summed E-state index contributed by atoms with van der Waals surface area (Å²) in [7, 11) is 1.51. The monoisotopic (exact) mass is 376 g/mol. The third-order valence-corrected chi connectivity index (χ3v) is 4.25. The molecule has 0 spiro atoms. The van der Waals surface area contributed by atoms with Crippen LogP contribution in [-0.2, 0) is 15.1 Å². The van der Waals surface area contributed by atoms with E-state index in [1.54, 1.807) is 32.9 Å². The van der Waals surface area contributed by atoms with E-state index in [0.717, 1.165) is 0 Å². The van der Waals surface area contributed by atoms with Gasteiger partial charge in [0.1, 0.15) is 5.60 Å². The van der Waals surface area contributed by atoms with Crippen LogP contribution in [0.5, 0.6) is 0 Å². The first-order valence-electron chi connectivity index (χ1n) is 8.59. The molecule has 0 aromatic heterocycles. The van der Waals surface area contributed by atoms with Crippen molar-refractivity contribution in [1.29, 1.82) is 0 Å². The summed E-state index contributed by atoms with van der Waals surface area (Å²) in [6.45, 7) is 7.02. The van der Waals surface area contributed by atoms with E-state index in [2.05, 4.69) is 10.3 Å². The molecule has 9 nitrogen and oxygen atoms in total. The Bertz CT molecular complexity index is 799. The lowest BCUT2D eigenvalue weighted by Crippen LogP contribution is -2.52. The molecule has 1 aromatic carbocycles. The van der Waals surface area contributed by atoms with Crippen molar-refractivity contribution in [3.05, 3.63) is 39.9 Å². The summed E-state index contributed by atoms with van der Waals surface area (Å²) in [5, 5.41) is 13.6. The fraction of sp³-hybridized carbons (Fsp3) is 0.500. The first-order valence-corrected chi connectivity index (χ1v) is 8.59. The molecule has 0 aliphatic carbocycles. The fourth-order valence-electron chi connectivity index (χ4n) is 2.79. The molecule has 0 saturated heterocycles. The minimum absolute atomic E-state index is 0.0423. The Morgan fingerprint density at radius 1 is 1.44 bits per heavy atom. The van der Waals surface area contributed by atoms with Gasteiger partial charge in [-0.05, 0) is 32.8 Å². The number of guanidine groups is 1. The molecule has 0 bridgehead atoms. The number of nitro groups is 1. The number of aliphatic imine (C=N–C) groups is 1. The zero-order chi connectivity index (χ0) is 20.4. The Morgan fingerprint density at radius 2 is 2.11 bits per heavy atom. The van der Waals surface area contributed by atoms with Crippen LogP contribution in [0.4, 0.5) is 10.5 Å². The average molecular weight is 376 g/mol. The van der Waals surface area contributed by atoms with Gasteiger partial charge in [-0.3, -0.25) is 25.1 Å². The molecule has 1 aliphatic rings. The smallest absolute Gasteiger partial charge is 0.414 e. The van der Waals surface area contributed by atoms with Gasteiger partial charge >= 0.3 is 6.09 Å². The Kier molecular flexibility index (Phi) is 5.53. The highest BCUT2D eigenvalue weighted by molar-refractivity contribution is 6.05. The number of nitrogens with zero attached hydrogens (tertiary/aromatic N) is 3. The molecule has 0 radical (unpaired) electrons. The summed E-state index contributed by atoms with van der Waals surface area (Å²) < 4.78 is 5.22. The second kappa shape index (κ2) is 7.34. The number of alkyl carbamates (subject to hydrolysis) is 1. The van der Waals surface area contributed by atoms with Crippen molar-refractivity contribution in [3.8, 4) is 0 Å². The second-order valence-corrected chi connectivity index (χ2v) is 7.38. The van der Waals surface area contributed by atoms with Crippen LogP contribution in [0.2, 0.25) is 0 Å².